The van der Waals surface area contributed by atoms with Gasteiger partial charge in [0.2, 0.25) is 5.91 Å². The maximum atomic E-state index is 11.8. The van der Waals surface area contributed by atoms with Crippen LogP contribution in [0, 0.1) is 0 Å². The predicted molar refractivity (Wildman–Crippen MR) is 64.0 cm³/mol. The molecule has 4 heteroatoms. The van der Waals surface area contributed by atoms with E-state index in [0.29, 0.717) is 17.0 Å². The number of amides is 1. The maximum absolute atomic E-state index is 11.8. The number of nitrogens with zero attached hydrogens (tertiary/aromatic N) is 1. The van der Waals surface area contributed by atoms with E-state index in [1.54, 1.807) is 11.8 Å². The van der Waals surface area contributed by atoms with Crippen LogP contribution in [0.3, 0.4) is 0 Å². The molecule has 0 aromatic heterocycles. The van der Waals surface area contributed by atoms with Gasteiger partial charge in [0.25, 0.3) is 0 Å². The van der Waals surface area contributed by atoms with Crippen LogP contribution in [0.1, 0.15) is 33.1 Å². The predicted octanol–water partition coefficient (Wildman–Crippen LogP) is 1.50. The SMILES string of the molecule is CCN(C(=O)CSC(C)CCO)C1CC1. The second kappa shape index (κ2) is 6.38. The molecule has 1 amide bonds. The number of carbonyl (C=O) groups excluding carboxylic acids is 1. The van der Waals surface area contributed by atoms with E-state index in [1.807, 2.05) is 11.8 Å². The first-order chi connectivity index (χ1) is 7.19. The van der Waals surface area contributed by atoms with Crippen LogP contribution in [0.15, 0.2) is 0 Å². The number of rotatable bonds is 7. The third kappa shape index (κ3) is 4.43. The highest BCUT2D eigenvalue weighted by atomic mass is 32.2. The average Bonchev–Trinajstić information content (AvgIpc) is 3.00. The topological polar surface area (TPSA) is 40.5 Å². The fraction of sp³-hybridized carbons (Fsp3) is 0.909. The summed E-state index contributed by atoms with van der Waals surface area (Å²) in [6, 6.07) is 0.524. The molecule has 3 nitrogen and oxygen atoms in total. The smallest absolute Gasteiger partial charge is 0.232 e. The first-order valence-corrected chi connectivity index (χ1v) is 6.75. The molecule has 0 bridgehead atoms. The van der Waals surface area contributed by atoms with Crippen LogP contribution < -0.4 is 0 Å². The zero-order chi connectivity index (χ0) is 11.3. The van der Waals surface area contributed by atoms with Gasteiger partial charge in [-0.3, -0.25) is 4.79 Å². The van der Waals surface area contributed by atoms with E-state index < -0.39 is 0 Å². The second-order valence-corrected chi connectivity index (χ2v) is 5.47. The van der Waals surface area contributed by atoms with Crippen molar-refractivity contribution < 1.29 is 9.90 Å². The van der Waals surface area contributed by atoms with E-state index in [-0.39, 0.29) is 12.5 Å². The molecule has 1 saturated carbocycles. The highest BCUT2D eigenvalue weighted by Gasteiger charge is 2.31. The molecule has 0 aromatic carbocycles. The molecule has 1 fully saturated rings. The van der Waals surface area contributed by atoms with Crippen LogP contribution in [0.4, 0.5) is 0 Å². The first kappa shape index (κ1) is 12.8. The van der Waals surface area contributed by atoms with Crippen molar-refractivity contribution in [1.82, 2.24) is 4.90 Å². The van der Waals surface area contributed by atoms with E-state index in [0.717, 1.165) is 13.0 Å². The summed E-state index contributed by atoms with van der Waals surface area (Å²) < 4.78 is 0. The van der Waals surface area contributed by atoms with Crippen molar-refractivity contribution in [3.8, 4) is 0 Å². The molecule has 0 radical (unpaired) electrons. The van der Waals surface area contributed by atoms with Gasteiger partial charge in [0, 0.05) is 24.4 Å². The summed E-state index contributed by atoms with van der Waals surface area (Å²) in [6.45, 7) is 5.14. The fourth-order valence-corrected chi connectivity index (χ4v) is 2.45. The Labute approximate surface area is 96.2 Å². The highest BCUT2D eigenvalue weighted by Crippen LogP contribution is 2.27. The molecule has 15 heavy (non-hydrogen) atoms. The molecule has 1 N–H and O–H groups in total. The Morgan fingerprint density at radius 3 is 2.73 bits per heavy atom. The van der Waals surface area contributed by atoms with Crippen molar-refractivity contribution in [2.24, 2.45) is 0 Å². The summed E-state index contributed by atoms with van der Waals surface area (Å²) in [5.41, 5.74) is 0. The van der Waals surface area contributed by atoms with Crippen molar-refractivity contribution in [1.29, 1.82) is 0 Å². The summed E-state index contributed by atoms with van der Waals surface area (Å²) in [7, 11) is 0. The molecule has 1 rings (SSSR count). The number of aliphatic hydroxyl groups excluding tert-OH is 1. The lowest BCUT2D eigenvalue weighted by molar-refractivity contribution is -0.128. The Morgan fingerprint density at radius 1 is 1.60 bits per heavy atom. The largest absolute Gasteiger partial charge is 0.396 e. The minimum absolute atomic E-state index is 0.211. The monoisotopic (exact) mass is 231 g/mol. The lowest BCUT2D eigenvalue weighted by atomic mass is 10.3. The molecule has 0 saturated heterocycles. The van der Waals surface area contributed by atoms with Crippen molar-refractivity contribution >= 4 is 17.7 Å². The molecule has 1 aliphatic carbocycles. The Kier molecular flexibility index (Phi) is 5.47. The van der Waals surface area contributed by atoms with Crippen LogP contribution in [-0.2, 0) is 4.79 Å². The van der Waals surface area contributed by atoms with Crippen LogP contribution in [0.5, 0.6) is 0 Å². The third-order valence-corrected chi connectivity index (χ3v) is 3.89. The van der Waals surface area contributed by atoms with Crippen molar-refractivity contribution in [3.63, 3.8) is 0 Å². The van der Waals surface area contributed by atoms with E-state index in [4.69, 9.17) is 5.11 Å². The molecule has 0 spiro atoms. The number of hydrogen-bond donors (Lipinski definition) is 1. The molecule has 1 unspecified atom stereocenters. The molecule has 1 atom stereocenters. The summed E-state index contributed by atoms with van der Waals surface area (Å²) >= 11 is 1.65. The minimum atomic E-state index is 0.211. The Morgan fingerprint density at radius 2 is 2.27 bits per heavy atom. The Hall–Kier alpha value is -0.220. The molecular weight excluding hydrogens is 210 g/mol. The van der Waals surface area contributed by atoms with E-state index in [2.05, 4.69) is 6.92 Å². The number of thioether (sulfide) groups is 1. The molecule has 1 aliphatic rings. The maximum Gasteiger partial charge on any atom is 0.232 e. The van der Waals surface area contributed by atoms with Crippen molar-refractivity contribution in [2.45, 2.75) is 44.4 Å². The van der Waals surface area contributed by atoms with Gasteiger partial charge in [0.05, 0.1) is 5.75 Å². The molecule has 88 valence electrons. The summed E-state index contributed by atoms with van der Waals surface area (Å²) in [5.74, 6) is 0.820. The lowest BCUT2D eigenvalue weighted by Gasteiger charge is -2.21. The molecule has 0 heterocycles. The average molecular weight is 231 g/mol. The molecule has 0 aromatic rings. The molecule has 0 aliphatic heterocycles. The van der Waals surface area contributed by atoms with Crippen LogP contribution in [0.2, 0.25) is 0 Å². The van der Waals surface area contributed by atoms with Crippen molar-refractivity contribution in [3.05, 3.63) is 0 Å². The normalized spacial score (nSPS) is 17.5. The fourth-order valence-electron chi connectivity index (χ4n) is 1.59. The van der Waals surface area contributed by atoms with Gasteiger partial charge < -0.3 is 10.0 Å². The van der Waals surface area contributed by atoms with E-state index >= 15 is 0 Å². The second-order valence-electron chi connectivity index (χ2n) is 4.04. The van der Waals surface area contributed by atoms with Crippen LogP contribution in [-0.4, -0.2) is 46.1 Å². The number of hydrogen-bond acceptors (Lipinski definition) is 3. The van der Waals surface area contributed by atoms with Crippen LogP contribution >= 0.6 is 11.8 Å². The van der Waals surface area contributed by atoms with Gasteiger partial charge in [-0.05, 0) is 26.2 Å². The number of carbonyl (C=O) groups is 1. The van der Waals surface area contributed by atoms with Gasteiger partial charge >= 0.3 is 0 Å². The zero-order valence-electron chi connectivity index (χ0n) is 9.61. The quantitative estimate of drug-likeness (QED) is 0.722. The Balaban J connectivity index is 2.21. The van der Waals surface area contributed by atoms with E-state index in [1.165, 1.54) is 12.8 Å². The Bertz CT molecular complexity index is 207. The highest BCUT2D eigenvalue weighted by molar-refractivity contribution is 8.00. The van der Waals surface area contributed by atoms with E-state index in [9.17, 15) is 4.79 Å². The van der Waals surface area contributed by atoms with Gasteiger partial charge in [-0.15, -0.1) is 11.8 Å². The standard InChI is InChI=1S/C11H21NO2S/c1-3-12(10-4-5-10)11(14)8-15-9(2)6-7-13/h9-10,13H,3-8H2,1-2H3. The molecular formula is C11H21NO2S. The lowest BCUT2D eigenvalue weighted by Crippen LogP contribution is -2.34. The van der Waals surface area contributed by atoms with Crippen LogP contribution in [0.25, 0.3) is 0 Å². The summed E-state index contributed by atoms with van der Waals surface area (Å²) in [5, 5.41) is 9.12. The van der Waals surface area contributed by atoms with Gasteiger partial charge in [-0.2, -0.15) is 0 Å². The summed E-state index contributed by atoms with van der Waals surface area (Å²) in [4.78, 5) is 13.8. The summed E-state index contributed by atoms with van der Waals surface area (Å²) in [6.07, 6.45) is 3.13. The third-order valence-electron chi connectivity index (χ3n) is 2.68. The van der Waals surface area contributed by atoms with Gasteiger partial charge in [-0.25, -0.2) is 0 Å². The van der Waals surface area contributed by atoms with Crippen molar-refractivity contribution in [2.75, 3.05) is 18.9 Å². The minimum Gasteiger partial charge on any atom is -0.396 e. The zero-order valence-corrected chi connectivity index (χ0v) is 10.4. The van der Waals surface area contributed by atoms with Gasteiger partial charge in [0.15, 0.2) is 0 Å². The first-order valence-electron chi connectivity index (χ1n) is 5.71. The van der Waals surface area contributed by atoms with Gasteiger partial charge in [0.1, 0.15) is 0 Å². The number of aliphatic hydroxyl groups is 1. The van der Waals surface area contributed by atoms with Gasteiger partial charge in [-0.1, -0.05) is 6.92 Å².